The van der Waals surface area contributed by atoms with Gasteiger partial charge in [0.25, 0.3) is 11.6 Å². The molecule has 0 aromatic heterocycles. The summed E-state index contributed by atoms with van der Waals surface area (Å²) in [6.45, 7) is 0. The number of carbonyl (C=O) groups is 1. The number of thiocarbonyl (C=S) groups is 1. The fourth-order valence-corrected chi connectivity index (χ4v) is 1.95. The predicted octanol–water partition coefficient (Wildman–Crippen LogP) is 2.21. The number of phenolic OH excluding ortho intramolecular Hbond substituents is 1. The van der Waals surface area contributed by atoms with E-state index in [-0.39, 0.29) is 16.5 Å². The van der Waals surface area contributed by atoms with E-state index >= 15 is 0 Å². The Kier molecular flexibility index (Phi) is 5.39. The van der Waals surface area contributed by atoms with E-state index in [1.165, 1.54) is 0 Å². The summed E-state index contributed by atoms with van der Waals surface area (Å²) in [7, 11) is 0. The Morgan fingerprint density at radius 3 is 2.52 bits per heavy atom. The van der Waals surface area contributed by atoms with Gasteiger partial charge in [0.05, 0.1) is 10.6 Å². The molecule has 0 atom stereocenters. The summed E-state index contributed by atoms with van der Waals surface area (Å²) in [4.78, 5) is 22.1. The van der Waals surface area contributed by atoms with E-state index in [1.807, 2.05) is 0 Å². The standard InChI is InChI=1S/C14H10F2N4O4S/c15-7-1-3-11(10(16)5-7)17-14(25)19-18-13(22)9-6-8(21)2-4-12(9)20(23)24/h1-6,21H,(H,18,22)(H2,17,19,25). The summed E-state index contributed by atoms with van der Waals surface area (Å²) >= 11 is 4.83. The number of aromatic hydroxyl groups is 1. The number of carbonyl (C=O) groups excluding carboxylic acids is 1. The highest BCUT2D eigenvalue weighted by atomic mass is 32.1. The van der Waals surface area contributed by atoms with Crippen molar-refractivity contribution in [1.29, 1.82) is 0 Å². The van der Waals surface area contributed by atoms with Gasteiger partial charge in [0.2, 0.25) is 0 Å². The fourth-order valence-electron chi connectivity index (χ4n) is 1.79. The molecular weight excluding hydrogens is 358 g/mol. The number of nitrogens with zero attached hydrogens (tertiary/aromatic N) is 1. The molecule has 11 heteroatoms. The van der Waals surface area contributed by atoms with Crippen molar-refractivity contribution in [2.45, 2.75) is 0 Å². The maximum Gasteiger partial charge on any atom is 0.282 e. The Hall–Kier alpha value is -3.34. The fraction of sp³-hybridized carbons (Fsp3) is 0. The summed E-state index contributed by atoms with van der Waals surface area (Å²) in [6.07, 6.45) is 0. The molecule has 0 saturated heterocycles. The molecule has 2 rings (SSSR count). The van der Waals surface area contributed by atoms with Crippen LogP contribution >= 0.6 is 12.2 Å². The minimum atomic E-state index is -0.952. The highest BCUT2D eigenvalue weighted by Crippen LogP contribution is 2.23. The third-order valence-corrected chi connectivity index (χ3v) is 3.09. The molecule has 4 N–H and O–H groups in total. The molecule has 0 aliphatic heterocycles. The molecule has 0 aliphatic rings. The molecule has 0 spiro atoms. The zero-order valence-electron chi connectivity index (χ0n) is 12.2. The van der Waals surface area contributed by atoms with Crippen molar-refractivity contribution in [1.82, 2.24) is 10.9 Å². The Bertz CT molecular complexity index is 863. The zero-order valence-corrected chi connectivity index (χ0v) is 13.1. The molecule has 0 bridgehead atoms. The third-order valence-electron chi connectivity index (χ3n) is 2.89. The number of halogens is 2. The van der Waals surface area contributed by atoms with Gasteiger partial charge in [-0.25, -0.2) is 8.78 Å². The molecule has 0 saturated carbocycles. The van der Waals surface area contributed by atoms with Crippen LogP contribution in [0.4, 0.5) is 20.2 Å². The quantitative estimate of drug-likeness (QED) is 0.373. The number of hydrazine groups is 1. The summed E-state index contributed by atoms with van der Waals surface area (Å²) in [5, 5.41) is 22.4. The van der Waals surface area contributed by atoms with Crippen LogP contribution in [0, 0.1) is 21.7 Å². The van der Waals surface area contributed by atoms with Gasteiger partial charge in [-0.2, -0.15) is 0 Å². The van der Waals surface area contributed by atoms with Crippen molar-refractivity contribution < 1.29 is 23.6 Å². The van der Waals surface area contributed by atoms with Gasteiger partial charge in [-0.05, 0) is 36.5 Å². The van der Waals surface area contributed by atoms with Gasteiger partial charge in [0.15, 0.2) is 5.11 Å². The molecule has 8 nitrogen and oxygen atoms in total. The average molecular weight is 368 g/mol. The van der Waals surface area contributed by atoms with E-state index in [0.717, 1.165) is 30.3 Å². The third kappa shape index (κ3) is 4.57. The highest BCUT2D eigenvalue weighted by Gasteiger charge is 2.21. The normalized spacial score (nSPS) is 10.0. The first-order valence-corrected chi connectivity index (χ1v) is 6.98. The molecule has 0 unspecified atom stereocenters. The number of phenols is 1. The predicted molar refractivity (Wildman–Crippen MR) is 87.9 cm³/mol. The van der Waals surface area contributed by atoms with Gasteiger partial charge in [-0.15, -0.1) is 0 Å². The minimum absolute atomic E-state index is 0.142. The monoisotopic (exact) mass is 368 g/mol. The second-order valence-corrected chi connectivity index (χ2v) is 5.02. The van der Waals surface area contributed by atoms with Crippen LogP contribution in [0.25, 0.3) is 0 Å². The van der Waals surface area contributed by atoms with Crippen LogP contribution in [0.5, 0.6) is 5.75 Å². The van der Waals surface area contributed by atoms with E-state index in [9.17, 15) is 28.8 Å². The SMILES string of the molecule is O=C(NNC(=S)Nc1ccc(F)cc1F)c1cc(O)ccc1[N+](=O)[O-]. The number of rotatable bonds is 3. The van der Waals surface area contributed by atoms with Gasteiger partial charge in [0.1, 0.15) is 22.9 Å². The molecule has 0 heterocycles. The number of hydrogen-bond acceptors (Lipinski definition) is 5. The number of nitro groups is 1. The Balaban J connectivity index is 2.03. The number of amides is 1. The maximum absolute atomic E-state index is 13.5. The lowest BCUT2D eigenvalue weighted by Crippen LogP contribution is -2.44. The first kappa shape index (κ1) is 18.0. The van der Waals surface area contributed by atoms with Crippen LogP contribution in [0.1, 0.15) is 10.4 Å². The van der Waals surface area contributed by atoms with E-state index in [1.54, 1.807) is 0 Å². The summed E-state index contributed by atoms with van der Waals surface area (Å²) in [6, 6.07) is 5.68. The molecule has 2 aromatic rings. The maximum atomic E-state index is 13.5. The van der Waals surface area contributed by atoms with Crippen molar-refractivity contribution in [2.24, 2.45) is 0 Å². The topological polar surface area (TPSA) is 117 Å². The van der Waals surface area contributed by atoms with Crippen molar-refractivity contribution in [2.75, 3.05) is 5.32 Å². The first-order chi connectivity index (χ1) is 11.8. The van der Waals surface area contributed by atoms with Crippen LogP contribution < -0.4 is 16.2 Å². The van der Waals surface area contributed by atoms with E-state index in [4.69, 9.17) is 12.2 Å². The number of nitro benzene ring substituents is 1. The van der Waals surface area contributed by atoms with Crippen molar-refractivity contribution in [3.05, 3.63) is 63.7 Å². The van der Waals surface area contributed by atoms with Crippen LogP contribution in [0.3, 0.4) is 0 Å². The van der Waals surface area contributed by atoms with Gasteiger partial charge < -0.3 is 10.4 Å². The molecule has 25 heavy (non-hydrogen) atoms. The van der Waals surface area contributed by atoms with Crippen LogP contribution in [0.2, 0.25) is 0 Å². The molecular formula is C14H10F2N4O4S. The molecule has 2 aromatic carbocycles. The van der Waals surface area contributed by atoms with Crippen molar-refractivity contribution in [3.8, 4) is 5.75 Å². The minimum Gasteiger partial charge on any atom is -0.508 e. The van der Waals surface area contributed by atoms with E-state index < -0.39 is 33.7 Å². The summed E-state index contributed by atoms with van der Waals surface area (Å²) in [5.74, 6) is -2.97. The molecule has 0 radical (unpaired) electrons. The van der Waals surface area contributed by atoms with Crippen LogP contribution in [0.15, 0.2) is 36.4 Å². The van der Waals surface area contributed by atoms with Gasteiger partial charge in [0, 0.05) is 12.1 Å². The van der Waals surface area contributed by atoms with Gasteiger partial charge in [-0.3, -0.25) is 25.8 Å². The zero-order chi connectivity index (χ0) is 18.6. The van der Waals surface area contributed by atoms with E-state index in [0.29, 0.717) is 6.07 Å². The van der Waals surface area contributed by atoms with Gasteiger partial charge >= 0.3 is 0 Å². The number of benzene rings is 2. The molecule has 0 fully saturated rings. The number of hydrogen-bond donors (Lipinski definition) is 4. The smallest absolute Gasteiger partial charge is 0.282 e. The first-order valence-electron chi connectivity index (χ1n) is 6.57. The largest absolute Gasteiger partial charge is 0.508 e. The van der Waals surface area contributed by atoms with Crippen molar-refractivity contribution >= 4 is 34.6 Å². The second-order valence-electron chi connectivity index (χ2n) is 4.62. The lowest BCUT2D eigenvalue weighted by Gasteiger charge is -2.12. The summed E-state index contributed by atoms with van der Waals surface area (Å²) in [5.41, 5.74) is 3.20. The summed E-state index contributed by atoms with van der Waals surface area (Å²) < 4.78 is 26.3. The van der Waals surface area contributed by atoms with Gasteiger partial charge in [-0.1, -0.05) is 0 Å². The Labute approximate surface area is 144 Å². The van der Waals surface area contributed by atoms with Crippen LogP contribution in [-0.2, 0) is 0 Å². The number of anilines is 1. The lowest BCUT2D eigenvalue weighted by molar-refractivity contribution is -0.385. The average Bonchev–Trinajstić information content (AvgIpc) is 2.54. The lowest BCUT2D eigenvalue weighted by atomic mass is 10.1. The van der Waals surface area contributed by atoms with Crippen LogP contribution in [-0.4, -0.2) is 21.0 Å². The highest BCUT2D eigenvalue weighted by molar-refractivity contribution is 7.80. The number of nitrogens with one attached hydrogen (secondary N) is 3. The Morgan fingerprint density at radius 1 is 1.16 bits per heavy atom. The second kappa shape index (κ2) is 7.49. The molecule has 1 amide bonds. The molecule has 0 aliphatic carbocycles. The molecule has 130 valence electrons. The van der Waals surface area contributed by atoms with E-state index in [2.05, 4.69) is 16.2 Å². The Morgan fingerprint density at radius 2 is 1.88 bits per heavy atom. The van der Waals surface area contributed by atoms with Crippen molar-refractivity contribution in [3.63, 3.8) is 0 Å².